The van der Waals surface area contributed by atoms with Gasteiger partial charge >= 0.3 is 0 Å². The highest BCUT2D eigenvalue weighted by molar-refractivity contribution is 6.31. The van der Waals surface area contributed by atoms with Crippen LogP contribution in [0.4, 0.5) is 5.95 Å². The molecule has 0 fully saturated rings. The van der Waals surface area contributed by atoms with Gasteiger partial charge in [-0.05, 0) is 30.4 Å². The average Bonchev–Trinajstić information content (AvgIpc) is 3.23. The zero-order chi connectivity index (χ0) is 22.5. The van der Waals surface area contributed by atoms with E-state index in [-0.39, 0.29) is 0 Å². The molecule has 0 unspecified atom stereocenters. The van der Waals surface area contributed by atoms with Crippen molar-refractivity contribution >= 4 is 28.6 Å². The molecule has 3 aromatic heterocycles. The maximum atomic E-state index is 6.32. The lowest BCUT2D eigenvalue weighted by Gasteiger charge is -2.09. The lowest BCUT2D eigenvalue weighted by atomic mass is 10.1. The highest BCUT2D eigenvalue weighted by atomic mass is 35.5. The van der Waals surface area contributed by atoms with Crippen LogP contribution in [0.5, 0.6) is 0 Å². The summed E-state index contributed by atoms with van der Waals surface area (Å²) in [5.74, 6) is 0.437. The molecule has 0 aliphatic carbocycles. The van der Waals surface area contributed by atoms with Crippen LogP contribution >= 0.6 is 11.6 Å². The van der Waals surface area contributed by atoms with Crippen molar-refractivity contribution in [2.75, 3.05) is 19.4 Å². The number of hydrogen-bond acceptors (Lipinski definition) is 5. The lowest BCUT2D eigenvalue weighted by molar-refractivity contribution is 0.564. The summed E-state index contributed by atoms with van der Waals surface area (Å²) in [5.41, 5.74) is 3.19. The Morgan fingerprint density at radius 2 is 1.87 bits per heavy atom. The SMILES string of the molecule is C=C/C(Nc1nccc(-c2c[nH]c3ncccc23)n1)=C(Cl)\C=C\N(C)C.CC.CC. The molecule has 0 aromatic carbocycles. The molecule has 0 amide bonds. The number of nitrogens with one attached hydrogen (secondary N) is 2. The fourth-order valence-electron chi connectivity index (χ4n) is 2.37. The van der Waals surface area contributed by atoms with E-state index in [1.54, 1.807) is 24.5 Å². The van der Waals surface area contributed by atoms with Gasteiger partial charge in [0, 0.05) is 49.8 Å². The molecule has 7 heteroatoms. The van der Waals surface area contributed by atoms with Crippen molar-refractivity contribution < 1.29 is 0 Å². The Kier molecular flexibility index (Phi) is 10.9. The molecular weight excluding hydrogens is 396 g/mol. The van der Waals surface area contributed by atoms with E-state index in [4.69, 9.17) is 11.6 Å². The molecule has 3 heterocycles. The van der Waals surface area contributed by atoms with E-state index >= 15 is 0 Å². The van der Waals surface area contributed by atoms with Gasteiger partial charge in [-0.2, -0.15) is 0 Å². The third-order valence-electron chi connectivity index (χ3n) is 3.61. The predicted octanol–water partition coefficient (Wildman–Crippen LogP) is 6.20. The molecule has 3 aromatic rings. The van der Waals surface area contributed by atoms with Crippen LogP contribution in [-0.4, -0.2) is 38.9 Å². The van der Waals surface area contributed by atoms with E-state index in [9.17, 15) is 0 Å². The van der Waals surface area contributed by atoms with Gasteiger partial charge in [-0.25, -0.2) is 15.0 Å². The van der Waals surface area contributed by atoms with E-state index in [1.165, 1.54) is 0 Å². The largest absolute Gasteiger partial charge is 0.383 e. The molecule has 3 rings (SSSR count). The maximum Gasteiger partial charge on any atom is 0.227 e. The molecule has 0 spiro atoms. The maximum absolute atomic E-state index is 6.32. The van der Waals surface area contributed by atoms with E-state index in [0.29, 0.717) is 16.7 Å². The van der Waals surface area contributed by atoms with Crippen molar-refractivity contribution in [3.63, 3.8) is 0 Å². The summed E-state index contributed by atoms with van der Waals surface area (Å²) in [7, 11) is 3.84. The zero-order valence-corrected chi connectivity index (χ0v) is 19.3. The minimum absolute atomic E-state index is 0.437. The van der Waals surface area contributed by atoms with Gasteiger partial charge in [0.1, 0.15) is 5.65 Å². The first-order valence-electron chi connectivity index (χ1n) is 9.98. The average molecular weight is 427 g/mol. The Hall–Kier alpha value is -3.12. The Labute approximate surface area is 184 Å². The van der Waals surface area contributed by atoms with Gasteiger partial charge in [-0.15, -0.1) is 0 Å². The molecule has 0 bridgehead atoms. The first-order chi connectivity index (χ1) is 14.6. The minimum atomic E-state index is 0.437. The van der Waals surface area contributed by atoms with Crippen LogP contribution in [0.2, 0.25) is 0 Å². The third-order valence-corrected chi connectivity index (χ3v) is 3.94. The first kappa shape index (κ1) is 24.9. The van der Waals surface area contributed by atoms with Crippen molar-refractivity contribution in [1.82, 2.24) is 24.8 Å². The highest BCUT2D eigenvalue weighted by Crippen LogP contribution is 2.26. The van der Waals surface area contributed by atoms with Crippen molar-refractivity contribution in [1.29, 1.82) is 0 Å². The van der Waals surface area contributed by atoms with E-state index < -0.39 is 0 Å². The van der Waals surface area contributed by atoms with E-state index in [1.807, 2.05) is 77.3 Å². The zero-order valence-electron chi connectivity index (χ0n) is 18.6. The second-order valence-electron chi connectivity index (χ2n) is 5.74. The molecule has 0 saturated carbocycles. The molecule has 0 saturated heterocycles. The van der Waals surface area contributed by atoms with Gasteiger partial charge < -0.3 is 15.2 Å². The van der Waals surface area contributed by atoms with Gasteiger partial charge in [0.15, 0.2) is 0 Å². The number of fused-ring (bicyclic) bond motifs is 1. The van der Waals surface area contributed by atoms with Gasteiger partial charge in [-0.1, -0.05) is 45.9 Å². The molecule has 0 aliphatic heterocycles. The Morgan fingerprint density at radius 1 is 1.13 bits per heavy atom. The Bertz CT molecular complexity index is 988. The van der Waals surface area contributed by atoms with Crippen LogP contribution in [-0.2, 0) is 0 Å². The summed E-state index contributed by atoms with van der Waals surface area (Å²) in [6, 6.07) is 5.75. The summed E-state index contributed by atoms with van der Waals surface area (Å²) in [6.45, 7) is 11.8. The van der Waals surface area contributed by atoms with E-state index in [2.05, 4.69) is 31.8 Å². The molecule has 2 N–H and O–H groups in total. The molecule has 0 atom stereocenters. The Balaban J connectivity index is 0.00000106. The monoisotopic (exact) mass is 426 g/mol. The summed E-state index contributed by atoms with van der Waals surface area (Å²) in [5, 5.41) is 4.63. The number of aromatic amines is 1. The summed E-state index contributed by atoms with van der Waals surface area (Å²) >= 11 is 6.32. The Morgan fingerprint density at radius 3 is 2.53 bits per heavy atom. The number of H-pyrrole nitrogens is 1. The molecule has 0 radical (unpaired) electrons. The van der Waals surface area contributed by atoms with Crippen LogP contribution in [0, 0.1) is 0 Å². The third kappa shape index (κ3) is 6.74. The first-order valence-corrected chi connectivity index (χ1v) is 10.4. The molecular formula is C23H31ClN6. The van der Waals surface area contributed by atoms with Gasteiger partial charge in [0.25, 0.3) is 0 Å². The second kappa shape index (κ2) is 13.2. The highest BCUT2D eigenvalue weighted by Gasteiger charge is 2.09. The topological polar surface area (TPSA) is 69.7 Å². The molecule has 0 aliphatic rings. The standard InChI is InChI=1S/C19H19ClN6.2C2H6/c1-4-16(15(20)8-11-26(2)3)24-19-22-10-7-17(25-19)14-12-23-18-13(14)6-5-9-21-18;2*1-2/h4-12H,1H2,2-3H3,(H,21,23)(H,22,24,25);2*1-2H3/b11-8+,16-15-;;. The van der Waals surface area contributed by atoms with Gasteiger partial charge in [0.05, 0.1) is 16.4 Å². The van der Waals surface area contributed by atoms with Crippen LogP contribution in [0.25, 0.3) is 22.3 Å². The van der Waals surface area contributed by atoms with E-state index in [0.717, 1.165) is 22.3 Å². The number of hydrogen-bond donors (Lipinski definition) is 2. The van der Waals surface area contributed by atoms with Crippen LogP contribution in [0.15, 0.2) is 72.4 Å². The molecule has 30 heavy (non-hydrogen) atoms. The number of pyridine rings is 1. The predicted molar refractivity (Wildman–Crippen MR) is 129 cm³/mol. The number of allylic oxidation sites excluding steroid dienone is 3. The number of rotatable bonds is 6. The van der Waals surface area contributed by atoms with Crippen LogP contribution < -0.4 is 5.32 Å². The van der Waals surface area contributed by atoms with Crippen molar-refractivity contribution in [3.05, 3.63) is 72.4 Å². The van der Waals surface area contributed by atoms with Crippen molar-refractivity contribution in [3.8, 4) is 11.3 Å². The smallest absolute Gasteiger partial charge is 0.227 e. The quantitative estimate of drug-likeness (QED) is 0.459. The van der Waals surface area contributed by atoms with Crippen LogP contribution in [0.1, 0.15) is 27.7 Å². The minimum Gasteiger partial charge on any atom is -0.383 e. The second-order valence-corrected chi connectivity index (χ2v) is 6.14. The van der Waals surface area contributed by atoms with Crippen molar-refractivity contribution in [2.24, 2.45) is 0 Å². The number of anilines is 1. The number of aromatic nitrogens is 4. The fourth-order valence-corrected chi connectivity index (χ4v) is 2.55. The van der Waals surface area contributed by atoms with Gasteiger partial charge in [-0.3, -0.25) is 0 Å². The van der Waals surface area contributed by atoms with Crippen molar-refractivity contribution in [2.45, 2.75) is 27.7 Å². The summed E-state index contributed by atoms with van der Waals surface area (Å²) in [4.78, 5) is 18.2. The van der Waals surface area contributed by atoms with Crippen LogP contribution in [0.3, 0.4) is 0 Å². The normalized spacial score (nSPS) is 11.0. The fraction of sp³-hybridized carbons (Fsp3) is 0.261. The summed E-state index contributed by atoms with van der Waals surface area (Å²) < 4.78 is 0. The number of halogens is 1. The summed E-state index contributed by atoms with van der Waals surface area (Å²) in [6.07, 6.45) is 10.6. The van der Waals surface area contributed by atoms with Gasteiger partial charge in [0.2, 0.25) is 5.95 Å². The lowest BCUT2D eigenvalue weighted by Crippen LogP contribution is -2.04. The number of nitrogens with zero attached hydrogens (tertiary/aromatic N) is 4. The molecule has 6 nitrogen and oxygen atoms in total. The molecule has 160 valence electrons.